The molecule has 0 aliphatic carbocycles. The Morgan fingerprint density at radius 1 is 0.719 bits per heavy atom. The number of nitro groups is 1. The molecule has 338 valence electrons. The molecule has 0 fully saturated rings. The molecule has 6 rings (SSSR count). The lowest BCUT2D eigenvalue weighted by atomic mass is 9.89. The van der Waals surface area contributed by atoms with E-state index in [4.69, 9.17) is 21.4 Å². The molecule has 0 spiro atoms. The lowest BCUT2D eigenvalue weighted by Gasteiger charge is -2.21. The number of amides is 2. The summed E-state index contributed by atoms with van der Waals surface area (Å²) in [4.78, 5) is 76.7. The van der Waals surface area contributed by atoms with E-state index >= 15 is 0 Å². The van der Waals surface area contributed by atoms with Crippen LogP contribution in [0.1, 0.15) is 100 Å². The number of nitrogens with one attached hydrogen (secondary N) is 2. The van der Waals surface area contributed by atoms with Gasteiger partial charge in [-0.1, -0.05) is 68.6 Å². The SMILES string of the molecule is Cc1ccc(C(=O)O)c(C2=NC(C)(C(C)C)C(=O)N2)c1.Cc1ccc(C2=NC(C)(C(C)C)C(=O)N2)c(C(=O)O)c1.O=C(O)c1cc(Oc2ccc(C(F)(F)F)cc2Cl)ccc1[N+](=O)[O-]. The van der Waals surface area contributed by atoms with Crippen molar-refractivity contribution in [3.05, 3.63) is 132 Å². The fourth-order valence-corrected chi connectivity index (χ4v) is 6.23. The molecule has 2 unspecified atom stereocenters. The summed E-state index contributed by atoms with van der Waals surface area (Å²) in [6.07, 6.45) is -4.58. The van der Waals surface area contributed by atoms with E-state index in [-0.39, 0.29) is 51.3 Å². The third-order valence-electron chi connectivity index (χ3n) is 10.5. The van der Waals surface area contributed by atoms with Crippen LogP contribution < -0.4 is 15.4 Å². The Bertz CT molecular complexity index is 2630. The zero-order valence-electron chi connectivity index (χ0n) is 35.5. The van der Waals surface area contributed by atoms with Crippen LogP contribution in [-0.4, -0.2) is 72.7 Å². The number of carboxylic acid groups (broad SMARTS) is 3. The fourth-order valence-electron chi connectivity index (χ4n) is 6.01. The molecule has 2 aliphatic rings. The molecule has 0 bridgehead atoms. The second-order valence-corrected chi connectivity index (χ2v) is 16.0. The first-order chi connectivity index (χ1) is 29.6. The molecule has 2 atom stereocenters. The van der Waals surface area contributed by atoms with Gasteiger partial charge in [0, 0.05) is 23.3 Å². The molecule has 2 amide bonds. The van der Waals surface area contributed by atoms with Crippen LogP contribution in [0.3, 0.4) is 0 Å². The first-order valence-corrected chi connectivity index (χ1v) is 19.6. The van der Waals surface area contributed by atoms with Gasteiger partial charge in [-0.3, -0.25) is 29.7 Å². The third kappa shape index (κ3) is 10.9. The Morgan fingerprint density at radius 3 is 1.67 bits per heavy atom. The quantitative estimate of drug-likeness (QED) is 0.0743. The number of amidine groups is 2. The van der Waals surface area contributed by atoms with Gasteiger partial charge >= 0.3 is 24.1 Å². The van der Waals surface area contributed by atoms with Crippen molar-refractivity contribution in [1.82, 2.24) is 10.6 Å². The minimum absolute atomic E-state index is 0.0260. The number of hydrogen-bond donors (Lipinski definition) is 5. The lowest BCUT2D eigenvalue weighted by molar-refractivity contribution is -0.385. The number of carboxylic acids is 3. The predicted molar refractivity (Wildman–Crippen MR) is 229 cm³/mol. The Kier molecular flexibility index (Phi) is 14.8. The molecule has 5 N–H and O–H groups in total. The second kappa shape index (κ2) is 19.1. The maximum Gasteiger partial charge on any atom is 0.416 e. The average Bonchev–Trinajstić information content (AvgIpc) is 3.69. The summed E-state index contributed by atoms with van der Waals surface area (Å²) >= 11 is 5.72. The molecule has 0 saturated heterocycles. The molecule has 0 radical (unpaired) electrons. The summed E-state index contributed by atoms with van der Waals surface area (Å²) < 4.78 is 42.9. The molecule has 0 saturated carbocycles. The van der Waals surface area contributed by atoms with Gasteiger partial charge in [0.05, 0.1) is 26.6 Å². The van der Waals surface area contributed by atoms with Crippen LogP contribution >= 0.6 is 11.6 Å². The fraction of sp³-hybridized carbons (Fsp3) is 0.295. The maximum absolute atomic E-state index is 12.6. The van der Waals surface area contributed by atoms with E-state index in [1.165, 1.54) is 6.07 Å². The van der Waals surface area contributed by atoms with E-state index < -0.39 is 56.9 Å². The van der Waals surface area contributed by atoms with Crippen molar-refractivity contribution in [3.63, 3.8) is 0 Å². The Balaban J connectivity index is 0.000000212. The summed E-state index contributed by atoms with van der Waals surface area (Å²) in [5.74, 6) is -3.55. The number of halogens is 4. The van der Waals surface area contributed by atoms with Gasteiger partial charge in [0.2, 0.25) is 0 Å². The summed E-state index contributed by atoms with van der Waals surface area (Å²) in [5.41, 5.74) is -0.993. The number of aliphatic imine (C=N–C) groups is 2. The first kappa shape index (κ1) is 49.5. The van der Waals surface area contributed by atoms with Crippen LogP contribution in [0, 0.1) is 35.8 Å². The molecule has 4 aromatic rings. The van der Waals surface area contributed by atoms with Crippen molar-refractivity contribution < 1.29 is 62.1 Å². The number of carbonyl (C=O) groups is 5. The average molecular weight is 910 g/mol. The number of carbonyl (C=O) groups excluding carboxylic acids is 2. The minimum Gasteiger partial charge on any atom is -0.478 e. The number of nitrogens with zero attached hydrogens (tertiary/aromatic N) is 3. The zero-order chi connectivity index (χ0) is 48.2. The van der Waals surface area contributed by atoms with Crippen LogP contribution in [0.15, 0.2) is 82.8 Å². The van der Waals surface area contributed by atoms with Crippen LogP contribution in [0.25, 0.3) is 0 Å². The highest BCUT2D eigenvalue weighted by molar-refractivity contribution is 6.32. The second-order valence-electron chi connectivity index (χ2n) is 15.6. The van der Waals surface area contributed by atoms with Crippen molar-refractivity contribution in [2.45, 2.75) is 72.6 Å². The smallest absolute Gasteiger partial charge is 0.416 e. The normalized spacial score (nSPS) is 17.8. The van der Waals surface area contributed by atoms with Gasteiger partial charge in [0.1, 0.15) is 39.8 Å². The van der Waals surface area contributed by atoms with Crippen LogP contribution in [0.2, 0.25) is 5.02 Å². The van der Waals surface area contributed by atoms with Gasteiger partial charge in [0.15, 0.2) is 0 Å². The molecule has 16 nitrogen and oxygen atoms in total. The third-order valence-corrected chi connectivity index (χ3v) is 10.8. The van der Waals surface area contributed by atoms with E-state index in [0.717, 1.165) is 41.5 Å². The van der Waals surface area contributed by atoms with Gasteiger partial charge in [-0.25, -0.2) is 14.4 Å². The molecular weight excluding hydrogens is 867 g/mol. The van der Waals surface area contributed by atoms with Crippen molar-refractivity contribution in [1.29, 1.82) is 0 Å². The first-order valence-electron chi connectivity index (χ1n) is 19.2. The Labute approximate surface area is 369 Å². The maximum atomic E-state index is 12.6. The molecule has 0 aromatic heterocycles. The van der Waals surface area contributed by atoms with Gasteiger partial charge in [-0.2, -0.15) is 13.2 Å². The number of hydrogen-bond acceptors (Lipinski definition) is 10. The van der Waals surface area contributed by atoms with Crippen molar-refractivity contribution in [2.75, 3.05) is 0 Å². The lowest BCUT2D eigenvalue weighted by Crippen LogP contribution is -2.41. The Morgan fingerprint density at radius 2 is 1.22 bits per heavy atom. The van der Waals surface area contributed by atoms with Gasteiger partial charge in [-0.05, 0) is 82.0 Å². The standard InChI is InChI=1S/2C15H18N2O3.C14H7ClF3NO5/c1-8(2)15(4)14(20)16-12(17-15)11-7-9(3)5-6-10(11)13(18)19;1-8(2)15(4)14(20)16-12(17-15)10-6-5-9(3)7-11(10)13(18)19;15-10-5-7(14(16,17)18)1-4-12(10)24-8-2-3-11(19(22)23)9(6-8)13(20)21/h2*5-8H,1-4H3,(H,18,19)(H,16,17,20);1-6H,(H,20,21). The highest BCUT2D eigenvalue weighted by Gasteiger charge is 2.44. The van der Waals surface area contributed by atoms with E-state index in [9.17, 15) is 57.5 Å². The topological polar surface area (TPSA) is 247 Å². The van der Waals surface area contributed by atoms with Crippen LogP contribution in [-0.2, 0) is 15.8 Å². The molecule has 2 aliphatic heterocycles. The van der Waals surface area contributed by atoms with Gasteiger partial charge in [0.25, 0.3) is 17.5 Å². The molecular formula is C44H43ClF3N5O11. The highest BCUT2D eigenvalue weighted by Crippen LogP contribution is 2.37. The van der Waals surface area contributed by atoms with Gasteiger partial charge < -0.3 is 30.7 Å². The number of nitro benzene ring substituents is 1. The van der Waals surface area contributed by atoms with E-state index in [0.29, 0.717) is 28.9 Å². The van der Waals surface area contributed by atoms with E-state index in [2.05, 4.69) is 20.6 Å². The van der Waals surface area contributed by atoms with Crippen molar-refractivity contribution in [2.24, 2.45) is 21.8 Å². The minimum atomic E-state index is -4.58. The van der Waals surface area contributed by atoms with Crippen molar-refractivity contribution in [3.8, 4) is 11.5 Å². The number of benzene rings is 4. The van der Waals surface area contributed by atoms with Crippen LogP contribution in [0.5, 0.6) is 11.5 Å². The summed E-state index contributed by atoms with van der Waals surface area (Å²) in [6, 6.07) is 15.3. The van der Waals surface area contributed by atoms with Crippen LogP contribution in [0.4, 0.5) is 18.9 Å². The summed E-state index contributed by atoms with van der Waals surface area (Å²) in [7, 11) is 0. The number of ether oxygens (including phenoxy) is 1. The van der Waals surface area contributed by atoms with Crippen molar-refractivity contribution >= 4 is 58.7 Å². The monoisotopic (exact) mass is 909 g/mol. The molecule has 64 heavy (non-hydrogen) atoms. The Hall–Kier alpha value is -7.15. The predicted octanol–water partition coefficient (Wildman–Crippen LogP) is 8.73. The summed E-state index contributed by atoms with van der Waals surface area (Å²) in [6.45, 7) is 14.9. The highest BCUT2D eigenvalue weighted by atomic mass is 35.5. The van der Waals surface area contributed by atoms with Gasteiger partial charge in [-0.15, -0.1) is 0 Å². The molecule has 2 heterocycles. The van der Waals surface area contributed by atoms with E-state index in [1.807, 2.05) is 47.6 Å². The zero-order valence-corrected chi connectivity index (χ0v) is 36.3. The summed E-state index contributed by atoms with van der Waals surface area (Å²) in [5, 5.41) is 43.3. The molecule has 20 heteroatoms. The number of aryl methyl sites for hydroxylation is 2. The number of aromatic carboxylic acids is 3. The largest absolute Gasteiger partial charge is 0.478 e. The van der Waals surface area contributed by atoms with E-state index in [1.54, 1.807) is 38.1 Å². The number of alkyl halides is 3. The molecule has 4 aromatic carbocycles. The number of rotatable bonds is 10.